The van der Waals surface area contributed by atoms with Crippen molar-refractivity contribution < 1.29 is 9.53 Å². The number of carbonyl (C=O) groups excluding carboxylic acids is 1. The lowest BCUT2D eigenvalue weighted by molar-refractivity contribution is -0.126. The lowest BCUT2D eigenvalue weighted by atomic mass is 10.8. The van der Waals surface area contributed by atoms with Crippen molar-refractivity contribution in [3.05, 3.63) is 12.7 Å². The van der Waals surface area contributed by atoms with Crippen LogP contribution in [-0.4, -0.2) is 13.6 Å². The molecule has 0 aromatic heterocycles. The zero-order valence-electron chi connectivity index (χ0n) is 4.68. The van der Waals surface area contributed by atoms with E-state index in [0.717, 1.165) is 0 Å². The Morgan fingerprint density at radius 3 is 1.86 bits per heavy atom. The highest BCUT2D eigenvalue weighted by atomic mass is 16.5. The number of hydrogen-bond acceptors (Lipinski definition) is 2. The molecule has 0 radical (unpaired) electrons. The number of hydrogen-bond donors (Lipinski definition) is 0. The molecule has 0 fully saturated rings. The van der Waals surface area contributed by atoms with Gasteiger partial charge in [0.25, 0.3) is 6.47 Å². The van der Waals surface area contributed by atoms with Gasteiger partial charge in [-0.1, -0.05) is 6.08 Å². The molecule has 42 valence electrons. The van der Waals surface area contributed by atoms with Crippen LogP contribution in [0.1, 0.15) is 6.92 Å². The van der Waals surface area contributed by atoms with Crippen LogP contribution in [0.5, 0.6) is 0 Å². The molecule has 0 heterocycles. The molecule has 0 bridgehead atoms. The Morgan fingerprint density at radius 1 is 1.71 bits per heavy atom. The first-order valence-electron chi connectivity index (χ1n) is 1.87. The first kappa shape index (κ1) is 9.51. The summed E-state index contributed by atoms with van der Waals surface area (Å²) in [5, 5.41) is 0. The summed E-state index contributed by atoms with van der Waals surface area (Å²) >= 11 is 0. The topological polar surface area (TPSA) is 26.3 Å². The van der Waals surface area contributed by atoms with Gasteiger partial charge in [-0.25, -0.2) is 0 Å². The first-order chi connectivity index (χ1) is 3.33. The fourth-order valence-electron chi connectivity index (χ4n) is 0. The molecule has 0 unspecified atom stereocenters. The number of ether oxygens (including phenoxy) is 1. The van der Waals surface area contributed by atoms with Crippen molar-refractivity contribution >= 4 is 6.47 Å². The standard InChI is InChI=1S/C3H6.C2H4O2/c1-3-2;1-4-2-3/h3H,1H2,2H3;2H,1H3. The van der Waals surface area contributed by atoms with Crippen molar-refractivity contribution in [3.63, 3.8) is 0 Å². The second-order valence-corrected chi connectivity index (χ2v) is 0.740. The van der Waals surface area contributed by atoms with E-state index in [4.69, 9.17) is 4.79 Å². The maximum Gasteiger partial charge on any atom is 0.292 e. The minimum atomic E-state index is 0.375. The van der Waals surface area contributed by atoms with Crippen molar-refractivity contribution in [2.45, 2.75) is 6.92 Å². The molecule has 0 atom stereocenters. The molecule has 0 spiro atoms. The Balaban J connectivity index is 0. The second kappa shape index (κ2) is 18.9. The molecule has 0 aromatic rings. The van der Waals surface area contributed by atoms with Crippen LogP contribution in [0, 0.1) is 0 Å². The van der Waals surface area contributed by atoms with Gasteiger partial charge < -0.3 is 4.74 Å². The van der Waals surface area contributed by atoms with Gasteiger partial charge in [-0.05, 0) is 6.92 Å². The number of methoxy groups -OCH3 is 1. The van der Waals surface area contributed by atoms with Crippen LogP contribution in [-0.2, 0) is 9.53 Å². The van der Waals surface area contributed by atoms with Crippen LogP contribution < -0.4 is 0 Å². The molecule has 0 saturated heterocycles. The summed E-state index contributed by atoms with van der Waals surface area (Å²) in [6, 6.07) is 0. The molecule has 0 amide bonds. The fourth-order valence-corrected chi connectivity index (χ4v) is 0. The first-order valence-corrected chi connectivity index (χ1v) is 1.87. The minimum Gasteiger partial charge on any atom is -0.471 e. The van der Waals surface area contributed by atoms with Crippen molar-refractivity contribution in [3.8, 4) is 0 Å². The van der Waals surface area contributed by atoms with Crippen LogP contribution in [0.25, 0.3) is 0 Å². The number of rotatable bonds is 1. The third kappa shape index (κ3) is 1220. The van der Waals surface area contributed by atoms with Crippen LogP contribution >= 0.6 is 0 Å². The molecule has 0 aliphatic heterocycles. The molecular formula is C5H10O2. The molecular weight excluding hydrogens is 92.1 g/mol. The van der Waals surface area contributed by atoms with Gasteiger partial charge in [0.15, 0.2) is 0 Å². The molecule has 2 nitrogen and oxygen atoms in total. The average molecular weight is 102 g/mol. The normalized spacial score (nSPS) is 4.86. The Hall–Kier alpha value is -0.790. The molecule has 0 saturated carbocycles. The molecule has 0 aromatic carbocycles. The van der Waals surface area contributed by atoms with E-state index in [1.54, 1.807) is 6.08 Å². The number of allylic oxidation sites excluding steroid dienone is 1. The van der Waals surface area contributed by atoms with E-state index in [1.165, 1.54) is 7.11 Å². The van der Waals surface area contributed by atoms with E-state index in [2.05, 4.69) is 11.3 Å². The van der Waals surface area contributed by atoms with Crippen LogP contribution in [0.4, 0.5) is 0 Å². The van der Waals surface area contributed by atoms with Gasteiger partial charge in [0, 0.05) is 0 Å². The summed E-state index contributed by atoms with van der Waals surface area (Å²) in [6.45, 7) is 5.62. The highest BCUT2D eigenvalue weighted by Gasteiger charge is 1.44. The summed E-state index contributed by atoms with van der Waals surface area (Å²) in [5.41, 5.74) is 0. The van der Waals surface area contributed by atoms with Crippen molar-refractivity contribution in [1.29, 1.82) is 0 Å². The Labute approximate surface area is 43.8 Å². The Morgan fingerprint density at radius 2 is 1.86 bits per heavy atom. The van der Waals surface area contributed by atoms with E-state index < -0.39 is 0 Å². The van der Waals surface area contributed by atoms with E-state index >= 15 is 0 Å². The largest absolute Gasteiger partial charge is 0.471 e. The van der Waals surface area contributed by atoms with Gasteiger partial charge >= 0.3 is 0 Å². The second-order valence-electron chi connectivity index (χ2n) is 0.740. The third-order valence-electron chi connectivity index (χ3n) is 0.0962. The molecule has 0 rings (SSSR count). The molecule has 7 heavy (non-hydrogen) atoms. The van der Waals surface area contributed by atoms with Gasteiger partial charge in [-0.3, -0.25) is 4.79 Å². The van der Waals surface area contributed by atoms with Gasteiger partial charge in [-0.2, -0.15) is 0 Å². The molecule has 0 aliphatic rings. The highest BCUT2D eigenvalue weighted by molar-refractivity contribution is 5.36. The smallest absolute Gasteiger partial charge is 0.292 e. The summed E-state index contributed by atoms with van der Waals surface area (Å²) in [6.07, 6.45) is 1.75. The van der Waals surface area contributed by atoms with Crippen molar-refractivity contribution in [2.24, 2.45) is 0 Å². The monoisotopic (exact) mass is 102 g/mol. The van der Waals surface area contributed by atoms with Crippen LogP contribution in [0.3, 0.4) is 0 Å². The van der Waals surface area contributed by atoms with Gasteiger partial charge in [0.1, 0.15) is 0 Å². The quantitative estimate of drug-likeness (QED) is 0.364. The zero-order chi connectivity index (χ0) is 6.12. The minimum absolute atomic E-state index is 0.375. The maximum absolute atomic E-state index is 8.95. The van der Waals surface area contributed by atoms with Gasteiger partial charge in [0.05, 0.1) is 7.11 Å². The molecule has 0 aliphatic carbocycles. The SMILES string of the molecule is C=CC.COC=O. The fraction of sp³-hybridized carbons (Fsp3) is 0.400. The third-order valence-corrected chi connectivity index (χ3v) is 0.0962. The Kier molecular flexibility index (Phi) is 25.7. The highest BCUT2D eigenvalue weighted by Crippen LogP contribution is 1.38. The van der Waals surface area contributed by atoms with E-state index in [-0.39, 0.29) is 0 Å². The van der Waals surface area contributed by atoms with Crippen molar-refractivity contribution in [2.75, 3.05) is 7.11 Å². The van der Waals surface area contributed by atoms with Gasteiger partial charge in [0.2, 0.25) is 0 Å². The van der Waals surface area contributed by atoms with E-state index in [9.17, 15) is 0 Å². The van der Waals surface area contributed by atoms with Crippen LogP contribution in [0.15, 0.2) is 12.7 Å². The summed E-state index contributed by atoms with van der Waals surface area (Å²) < 4.78 is 3.86. The van der Waals surface area contributed by atoms with Crippen molar-refractivity contribution in [1.82, 2.24) is 0 Å². The molecule has 0 N–H and O–H groups in total. The lowest BCUT2D eigenvalue weighted by Gasteiger charge is -1.67. The predicted molar refractivity (Wildman–Crippen MR) is 28.9 cm³/mol. The van der Waals surface area contributed by atoms with E-state index in [1.807, 2.05) is 6.92 Å². The lowest BCUT2D eigenvalue weighted by Crippen LogP contribution is -1.68. The Bertz CT molecular complexity index is 41.3. The number of carbonyl (C=O) groups is 1. The molecule has 2 heteroatoms. The summed E-state index contributed by atoms with van der Waals surface area (Å²) in [4.78, 5) is 8.95. The van der Waals surface area contributed by atoms with E-state index in [0.29, 0.717) is 6.47 Å². The zero-order valence-corrected chi connectivity index (χ0v) is 4.68. The summed E-state index contributed by atoms with van der Waals surface area (Å²) in [5.74, 6) is 0. The van der Waals surface area contributed by atoms with Crippen LogP contribution in [0.2, 0.25) is 0 Å². The summed E-state index contributed by atoms with van der Waals surface area (Å²) in [7, 11) is 1.31. The average Bonchev–Trinajstić information content (AvgIpc) is 1.69. The van der Waals surface area contributed by atoms with Gasteiger partial charge in [-0.15, -0.1) is 6.58 Å². The predicted octanol–water partition coefficient (Wildman–Crippen LogP) is 0.982. The maximum atomic E-state index is 8.95.